The lowest BCUT2D eigenvalue weighted by atomic mass is 10.2. The smallest absolute Gasteiger partial charge is 0.340 e. The van der Waals surface area contributed by atoms with Gasteiger partial charge in [-0.1, -0.05) is 30.3 Å². The Labute approximate surface area is 115 Å². The van der Waals surface area contributed by atoms with Gasteiger partial charge in [0.15, 0.2) is 11.4 Å². The Hall–Kier alpha value is -2.89. The minimum absolute atomic E-state index is 0.0504. The van der Waals surface area contributed by atoms with Crippen LogP contribution in [-0.2, 0) is 0 Å². The van der Waals surface area contributed by atoms with E-state index in [2.05, 4.69) is 10.6 Å². The van der Waals surface area contributed by atoms with Crippen LogP contribution in [0.4, 0.5) is 11.4 Å². The molecular weight excluding hydrogens is 258 g/mol. The molecule has 0 saturated carbocycles. The maximum absolute atomic E-state index is 11.9. The van der Waals surface area contributed by atoms with Crippen molar-refractivity contribution >= 4 is 17.3 Å². The van der Waals surface area contributed by atoms with E-state index in [1.54, 1.807) is 43.3 Å². The minimum atomic E-state index is -1.09. The van der Waals surface area contributed by atoms with Gasteiger partial charge in [0.2, 0.25) is 0 Å². The average molecular weight is 271 g/mol. The summed E-state index contributed by atoms with van der Waals surface area (Å²) in [5.41, 5.74) is 3.96. The topological polar surface area (TPSA) is 87.8 Å². The number of carboxylic acids is 1. The molecule has 0 aliphatic rings. The molecule has 0 atom stereocenters. The van der Waals surface area contributed by atoms with Crippen LogP contribution in [0.1, 0.15) is 15.9 Å². The molecule has 0 aromatic heterocycles. The number of aromatic carboxylic acids is 1. The third-order valence-electron chi connectivity index (χ3n) is 2.74. The molecule has 0 radical (unpaired) electrons. The molecule has 0 bridgehead atoms. The Bertz CT molecular complexity index is 668. The number of para-hydroxylation sites is 2. The molecule has 2 N–H and O–H groups in total. The van der Waals surface area contributed by atoms with Crippen molar-refractivity contribution in [2.24, 2.45) is 5.22 Å². The largest absolute Gasteiger partial charge is 0.691 e. The lowest BCUT2D eigenvalue weighted by molar-refractivity contribution is -0.440. The van der Waals surface area contributed by atoms with Crippen molar-refractivity contribution < 1.29 is 14.8 Å². The van der Waals surface area contributed by atoms with Gasteiger partial charge in [0.05, 0.1) is 5.22 Å². The van der Waals surface area contributed by atoms with Crippen molar-refractivity contribution in [2.75, 3.05) is 5.43 Å². The first kappa shape index (κ1) is 13.5. The summed E-state index contributed by atoms with van der Waals surface area (Å²) in [4.78, 5) is 11.4. The molecule has 2 aromatic rings. The van der Waals surface area contributed by atoms with Crippen LogP contribution in [0.2, 0.25) is 0 Å². The summed E-state index contributed by atoms with van der Waals surface area (Å²) in [7, 11) is 0. The molecule has 0 unspecified atom stereocenters. The summed E-state index contributed by atoms with van der Waals surface area (Å²) < 4.78 is 0. The third-order valence-corrected chi connectivity index (χ3v) is 2.74. The Balaban J connectivity index is 2.26. The molecule has 0 aliphatic carbocycles. The van der Waals surface area contributed by atoms with Gasteiger partial charge in [-0.05, 0) is 30.7 Å². The number of nitrogens with one attached hydrogen (secondary N) is 1. The van der Waals surface area contributed by atoms with Crippen molar-refractivity contribution in [3.8, 4) is 0 Å². The highest BCUT2D eigenvalue weighted by Gasteiger charge is 2.12. The molecule has 0 heterocycles. The molecule has 102 valence electrons. The van der Waals surface area contributed by atoms with E-state index in [0.717, 1.165) is 5.56 Å². The van der Waals surface area contributed by atoms with Crippen molar-refractivity contribution in [3.63, 3.8) is 0 Å². The zero-order valence-corrected chi connectivity index (χ0v) is 10.8. The normalized spacial score (nSPS) is 11.2. The second-order valence-electron chi connectivity index (χ2n) is 4.12. The maximum atomic E-state index is 11.9. The molecule has 6 heteroatoms. The van der Waals surface area contributed by atoms with E-state index in [4.69, 9.17) is 5.11 Å². The van der Waals surface area contributed by atoms with E-state index in [-0.39, 0.29) is 11.3 Å². The second-order valence-corrected chi connectivity index (χ2v) is 4.12. The zero-order valence-electron chi connectivity index (χ0n) is 10.8. The van der Waals surface area contributed by atoms with Crippen molar-refractivity contribution in [2.45, 2.75) is 6.92 Å². The first-order valence-corrected chi connectivity index (χ1v) is 5.91. The van der Waals surface area contributed by atoms with Gasteiger partial charge in [-0.15, -0.1) is 10.3 Å². The quantitative estimate of drug-likeness (QED) is 0.507. The fourth-order valence-corrected chi connectivity index (χ4v) is 1.70. The summed E-state index contributed by atoms with van der Waals surface area (Å²) in [6.45, 7) is 1.79. The van der Waals surface area contributed by atoms with Gasteiger partial charge < -0.3 is 10.3 Å². The van der Waals surface area contributed by atoms with Crippen LogP contribution in [-0.4, -0.2) is 15.9 Å². The first-order valence-electron chi connectivity index (χ1n) is 5.91. The minimum Gasteiger partial charge on any atom is -0.691 e. The zero-order chi connectivity index (χ0) is 14.5. The number of hydrogen-bond donors (Lipinski definition) is 2. The van der Waals surface area contributed by atoms with Crippen LogP contribution < -0.4 is 5.43 Å². The van der Waals surface area contributed by atoms with E-state index >= 15 is 0 Å². The standard InChI is InChI=1S/C14H13N3O3/c1-10-6-2-5-9-13(10)17(20)16-15-12-8-4-3-7-11(12)14(18)19/h2-9,15H,1H3,(H,18,19)/b17-16-. The average Bonchev–Trinajstić information content (AvgIpc) is 2.45. The number of rotatable bonds is 4. The molecule has 20 heavy (non-hydrogen) atoms. The lowest BCUT2D eigenvalue weighted by Crippen LogP contribution is -2.04. The predicted octanol–water partition coefficient (Wildman–Crippen LogP) is 3.31. The van der Waals surface area contributed by atoms with Gasteiger partial charge in [0, 0.05) is 0 Å². The van der Waals surface area contributed by atoms with Crippen LogP contribution in [0.15, 0.2) is 53.8 Å². The summed E-state index contributed by atoms with van der Waals surface area (Å²) >= 11 is 0. The Kier molecular flexibility index (Phi) is 3.95. The highest BCUT2D eigenvalue weighted by Crippen LogP contribution is 2.18. The van der Waals surface area contributed by atoms with E-state index in [1.807, 2.05) is 6.07 Å². The van der Waals surface area contributed by atoms with E-state index < -0.39 is 5.97 Å². The molecule has 2 rings (SSSR count). The highest BCUT2D eigenvalue weighted by atomic mass is 16.5. The van der Waals surface area contributed by atoms with Gasteiger partial charge in [-0.2, -0.15) is 0 Å². The SMILES string of the molecule is Cc1ccccc1/[N+]([O-])=N/Nc1ccccc1C(=O)O. The fourth-order valence-electron chi connectivity index (χ4n) is 1.70. The van der Waals surface area contributed by atoms with Crippen molar-refractivity contribution in [3.05, 3.63) is 64.9 Å². The molecule has 2 aromatic carbocycles. The van der Waals surface area contributed by atoms with E-state index in [9.17, 15) is 10.0 Å². The summed E-state index contributed by atoms with van der Waals surface area (Å²) in [6, 6.07) is 13.2. The number of anilines is 1. The molecule has 0 fully saturated rings. The van der Waals surface area contributed by atoms with E-state index in [0.29, 0.717) is 10.5 Å². The number of aryl methyl sites for hydroxylation is 1. The van der Waals surface area contributed by atoms with Crippen LogP contribution >= 0.6 is 0 Å². The number of hydrogen-bond acceptors (Lipinski definition) is 3. The van der Waals surface area contributed by atoms with Crippen LogP contribution in [0.5, 0.6) is 0 Å². The lowest BCUT2D eigenvalue weighted by Gasteiger charge is -2.08. The molecule has 0 spiro atoms. The predicted molar refractivity (Wildman–Crippen MR) is 73.9 cm³/mol. The van der Waals surface area contributed by atoms with Gasteiger partial charge in [-0.3, -0.25) is 0 Å². The third kappa shape index (κ3) is 2.92. The van der Waals surface area contributed by atoms with Gasteiger partial charge >= 0.3 is 5.97 Å². The van der Waals surface area contributed by atoms with Crippen molar-refractivity contribution in [1.82, 2.24) is 0 Å². The monoisotopic (exact) mass is 271 g/mol. The maximum Gasteiger partial charge on any atom is 0.340 e. The van der Waals surface area contributed by atoms with Gasteiger partial charge in [-0.25, -0.2) is 4.79 Å². The summed E-state index contributed by atoms with van der Waals surface area (Å²) in [6.07, 6.45) is 0. The Morgan fingerprint density at radius 2 is 1.85 bits per heavy atom. The molecule has 6 nitrogen and oxygen atoms in total. The first-order chi connectivity index (χ1) is 9.59. The summed E-state index contributed by atoms with van der Waals surface area (Å²) in [5, 5.41) is 24.5. The van der Waals surface area contributed by atoms with Crippen LogP contribution in [0.25, 0.3) is 0 Å². The van der Waals surface area contributed by atoms with Crippen molar-refractivity contribution in [1.29, 1.82) is 0 Å². The number of nitrogens with zero attached hydrogens (tertiary/aromatic N) is 2. The van der Waals surface area contributed by atoms with E-state index in [1.165, 1.54) is 6.07 Å². The summed E-state index contributed by atoms with van der Waals surface area (Å²) in [5.74, 6) is -1.09. The number of benzene rings is 2. The molecular formula is C14H13N3O3. The second kappa shape index (κ2) is 5.83. The number of carboxylic acid groups (broad SMARTS) is 1. The van der Waals surface area contributed by atoms with Crippen LogP contribution in [0.3, 0.4) is 0 Å². The highest BCUT2D eigenvalue weighted by molar-refractivity contribution is 5.94. The molecule has 0 saturated heterocycles. The van der Waals surface area contributed by atoms with Crippen LogP contribution in [0, 0.1) is 12.1 Å². The van der Waals surface area contributed by atoms with Gasteiger partial charge in [0.25, 0.3) is 0 Å². The Morgan fingerprint density at radius 1 is 1.20 bits per heavy atom. The Morgan fingerprint density at radius 3 is 2.55 bits per heavy atom. The van der Waals surface area contributed by atoms with Gasteiger partial charge in [0.1, 0.15) is 5.56 Å². The number of carbonyl (C=O) groups is 1. The molecule has 0 amide bonds. The molecule has 0 aliphatic heterocycles. The fraction of sp³-hybridized carbons (Fsp3) is 0.0714.